The van der Waals surface area contributed by atoms with Crippen molar-refractivity contribution in [2.45, 2.75) is 32.4 Å². The van der Waals surface area contributed by atoms with E-state index in [4.69, 9.17) is 9.47 Å². The van der Waals surface area contributed by atoms with Gasteiger partial charge in [0.1, 0.15) is 6.61 Å². The molecule has 1 heterocycles. The number of ether oxygens (including phenoxy) is 2. The van der Waals surface area contributed by atoms with Crippen molar-refractivity contribution in [3.05, 3.63) is 58.3 Å². The number of nitrogens with one attached hydrogen (secondary N) is 1. The minimum atomic E-state index is -0.842. The molecule has 0 spiro atoms. The van der Waals surface area contributed by atoms with E-state index in [2.05, 4.69) is 5.32 Å². The van der Waals surface area contributed by atoms with E-state index in [1.54, 1.807) is 6.07 Å². The minimum Gasteiger partial charge on any atom is -0.464 e. The fraction of sp³-hybridized carbons (Fsp3) is 0.333. The van der Waals surface area contributed by atoms with Gasteiger partial charge in [-0.3, -0.25) is 0 Å². The Morgan fingerprint density at radius 2 is 1.92 bits per heavy atom. The Balaban J connectivity index is 1.92. The lowest BCUT2D eigenvalue weighted by Crippen LogP contribution is -2.35. The molecule has 24 heavy (non-hydrogen) atoms. The van der Waals surface area contributed by atoms with E-state index in [0.717, 1.165) is 18.4 Å². The summed E-state index contributed by atoms with van der Waals surface area (Å²) in [6.07, 6.45) is 1.08. The third-order valence-electron chi connectivity index (χ3n) is 3.28. The zero-order chi connectivity index (χ0) is 17.2. The van der Waals surface area contributed by atoms with Gasteiger partial charge in [0, 0.05) is 4.88 Å². The second-order valence-corrected chi connectivity index (χ2v) is 6.15. The highest BCUT2D eigenvalue weighted by atomic mass is 32.1. The maximum absolute atomic E-state index is 12.2. The second-order valence-electron chi connectivity index (χ2n) is 5.18. The molecule has 1 N–H and O–H groups in total. The van der Waals surface area contributed by atoms with Crippen LogP contribution in [0.25, 0.3) is 0 Å². The minimum absolute atomic E-state index is 0.148. The van der Waals surface area contributed by atoms with Gasteiger partial charge in [-0.25, -0.2) is 9.59 Å². The molecule has 2 rings (SSSR count). The fourth-order valence-electron chi connectivity index (χ4n) is 1.98. The Bertz CT molecular complexity index is 628. The summed E-state index contributed by atoms with van der Waals surface area (Å²) < 4.78 is 10.4. The van der Waals surface area contributed by atoms with E-state index in [1.807, 2.05) is 48.7 Å². The van der Waals surface area contributed by atoms with Crippen LogP contribution < -0.4 is 5.32 Å². The van der Waals surface area contributed by atoms with Crippen molar-refractivity contribution >= 4 is 23.4 Å². The van der Waals surface area contributed by atoms with Crippen LogP contribution in [-0.4, -0.2) is 18.7 Å². The molecule has 6 heteroatoms. The lowest BCUT2D eigenvalue weighted by Gasteiger charge is -2.16. The maximum Gasteiger partial charge on any atom is 0.408 e. The summed E-state index contributed by atoms with van der Waals surface area (Å²) in [6.45, 7) is 2.51. The van der Waals surface area contributed by atoms with Crippen molar-refractivity contribution < 1.29 is 19.1 Å². The summed E-state index contributed by atoms with van der Waals surface area (Å²) in [5.74, 6) is -0.470. The average molecular weight is 347 g/mol. The molecular formula is C18H21NO4S. The molecule has 0 aliphatic heterocycles. The number of rotatable bonds is 8. The summed E-state index contributed by atoms with van der Waals surface area (Å²) in [4.78, 5) is 25.0. The van der Waals surface area contributed by atoms with Crippen LogP contribution in [0, 0.1) is 0 Å². The largest absolute Gasteiger partial charge is 0.464 e. The van der Waals surface area contributed by atoms with Crippen molar-refractivity contribution in [1.82, 2.24) is 5.32 Å². The van der Waals surface area contributed by atoms with Gasteiger partial charge in [0.25, 0.3) is 0 Å². The molecule has 0 saturated heterocycles. The molecule has 1 unspecified atom stereocenters. The van der Waals surface area contributed by atoms with E-state index in [-0.39, 0.29) is 6.61 Å². The van der Waals surface area contributed by atoms with Crippen molar-refractivity contribution in [3.63, 3.8) is 0 Å². The molecule has 2 aromatic rings. The molecule has 0 radical (unpaired) electrons. The Hall–Kier alpha value is -2.34. The standard InChI is InChI=1S/C18H21NO4S/c1-2-3-11-22-17(20)16(15-10-7-12-24-15)19-18(21)23-13-14-8-5-4-6-9-14/h4-10,12,16H,2-3,11,13H2,1H3,(H,19,21). The van der Waals surface area contributed by atoms with Gasteiger partial charge < -0.3 is 14.8 Å². The molecule has 1 aromatic heterocycles. The molecule has 0 aliphatic rings. The first-order valence-corrected chi connectivity index (χ1v) is 8.76. The van der Waals surface area contributed by atoms with E-state index < -0.39 is 18.1 Å². The van der Waals surface area contributed by atoms with Crippen LogP contribution in [0.3, 0.4) is 0 Å². The molecular weight excluding hydrogens is 326 g/mol. The van der Waals surface area contributed by atoms with Crippen LogP contribution in [0.2, 0.25) is 0 Å². The highest BCUT2D eigenvalue weighted by Gasteiger charge is 2.25. The molecule has 5 nitrogen and oxygen atoms in total. The molecule has 1 amide bonds. The molecule has 0 saturated carbocycles. The smallest absolute Gasteiger partial charge is 0.408 e. The van der Waals surface area contributed by atoms with Gasteiger partial charge in [0.2, 0.25) is 0 Å². The average Bonchev–Trinajstić information content (AvgIpc) is 3.13. The van der Waals surface area contributed by atoms with Crippen molar-refractivity contribution in [3.8, 4) is 0 Å². The van der Waals surface area contributed by atoms with Crippen LogP contribution >= 0.6 is 11.3 Å². The second kappa shape index (κ2) is 9.72. The van der Waals surface area contributed by atoms with Gasteiger partial charge >= 0.3 is 12.1 Å². The van der Waals surface area contributed by atoms with Crippen LogP contribution in [0.1, 0.15) is 36.2 Å². The summed E-state index contributed by atoms with van der Waals surface area (Å²) >= 11 is 1.38. The number of benzene rings is 1. The number of hydrogen-bond acceptors (Lipinski definition) is 5. The first-order valence-electron chi connectivity index (χ1n) is 7.88. The molecule has 0 bridgehead atoms. The number of unbranched alkanes of at least 4 members (excludes halogenated alkanes) is 1. The topological polar surface area (TPSA) is 64.6 Å². The number of esters is 1. The van der Waals surface area contributed by atoms with Gasteiger partial charge in [0.05, 0.1) is 6.61 Å². The number of carbonyl (C=O) groups excluding carboxylic acids is 2. The van der Waals surface area contributed by atoms with Gasteiger partial charge in [-0.05, 0) is 23.4 Å². The highest BCUT2D eigenvalue weighted by molar-refractivity contribution is 7.10. The zero-order valence-electron chi connectivity index (χ0n) is 13.6. The zero-order valence-corrected chi connectivity index (χ0v) is 14.4. The summed E-state index contributed by atoms with van der Waals surface area (Å²) in [5.41, 5.74) is 0.880. The third kappa shape index (κ3) is 5.70. The Kier molecular flexibility index (Phi) is 7.29. The van der Waals surface area contributed by atoms with E-state index >= 15 is 0 Å². The predicted octanol–water partition coefficient (Wildman–Crippen LogP) is 4.06. The number of hydrogen-bond donors (Lipinski definition) is 1. The van der Waals surface area contributed by atoms with E-state index in [1.165, 1.54) is 11.3 Å². The number of carbonyl (C=O) groups is 2. The molecule has 0 fully saturated rings. The number of alkyl carbamates (subject to hydrolysis) is 1. The lowest BCUT2D eigenvalue weighted by atomic mass is 10.2. The highest BCUT2D eigenvalue weighted by Crippen LogP contribution is 2.21. The van der Waals surface area contributed by atoms with Gasteiger partial charge in [-0.15, -0.1) is 11.3 Å². The van der Waals surface area contributed by atoms with E-state index in [0.29, 0.717) is 11.5 Å². The van der Waals surface area contributed by atoms with Gasteiger partial charge in [-0.2, -0.15) is 0 Å². The molecule has 1 atom stereocenters. The predicted molar refractivity (Wildman–Crippen MR) is 92.7 cm³/mol. The first-order chi connectivity index (χ1) is 11.7. The van der Waals surface area contributed by atoms with Crippen molar-refractivity contribution in [2.24, 2.45) is 0 Å². The van der Waals surface area contributed by atoms with Crippen LogP contribution in [0.4, 0.5) is 4.79 Å². The maximum atomic E-state index is 12.2. The molecule has 128 valence electrons. The number of amides is 1. The molecule has 0 aliphatic carbocycles. The summed E-state index contributed by atoms with van der Waals surface area (Å²) in [7, 11) is 0. The van der Waals surface area contributed by atoms with Crippen LogP contribution in [-0.2, 0) is 20.9 Å². The summed E-state index contributed by atoms with van der Waals surface area (Å²) in [5, 5.41) is 4.44. The third-order valence-corrected chi connectivity index (χ3v) is 4.22. The quantitative estimate of drug-likeness (QED) is 0.578. The van der Waals surface area contributed by atoms with Crippen molar-refractivity contribution in [2.75, 3.05) is 6.61 Å². The van der Waals surface area contributed by atoms with E-state index in [9.17, 15) is 9.59 Å². The normalized spacial score (nSPS) is 11.5. The lowest BCUT2D eigenvalue weighted by molar-refractivity contribution is -0.146. The Morgan fingerprint density at radius 1 is 1.12 bits per heavy atom. The van der Waals surface area contributed by atoms with Crippen LogP contribution in [0.15, 0.2) is 47.8 Å². The van der Waals surface area contributed by atoms with Crippen molar-refractivity contribution in [1.29, 1.82) is 0 Å². The fourth-order valence-corrected chi connectivity index (χ4v) is 2.75. The Morgan fingerprint density at radius 3 is 2.58 bits per heavy atom. The summed E-state index contributed by atoms with van der Waals surface area (Å²) in [6, 6.07) is 12.1. The first kappa shape index (κ1) is 18.0. The van der Waals surface area contributed by atoms with Crippen LogP contribution in [0.5, 0.6) is 0 Å². The monoisotopic (exact) mass is 347 g/mol. The Labute approximate surface area is 145 Å². The van der Waals surface area contributed by atoms with Gasteiger partial charge in [0.15, 0.2) is 6.04 Å². The SMILES string of the molecule is CCCCOC(=O)C(NC(=O)OCc1ccccc1)c1cccs1. The molecule has 1 aromatic carbocycles. The number of thiophene rings is 1. The van der Waals surface area contributed by atoms with Gasteiger partial charge in [-0.1, -0.05) is 49.7 Å².